The summed E-state index contributed by atoms with van der Waals surface area (Å²) in [5.74, 6) is 1.20. The van der Waals surface area contributed by atoms with Gasteiger partial charge in [0.15, 0.2) is 0 Å². The molecular weight excluding hydrogens is 731 g/mol. The van der Waals surface area contributed by atoms with Crippen LogP contribution in [0.4, 0.5) is 5.69 Å². The van der Waals surface area contributed by atoms with Gasteiger partial charge in [-0.1, -0.05) is 69.3 Å². The molecule has 8 rings (SSSR count). The number of hydroxylamine groups is 2. The third kappa shape index (κ3) is 7.88. The van der Waals surface area contributed by atoms with Crippen LogP contribution in [0.25, 0.3) is 11.1 Å². The van der Waals surface area contributed by atoms with Crippen molar-refractivity contribution in [3.63, 3.8) is 0 Å². The highest BCUT2D eigenvalue weighted by molar-refractivity contribution is 5.98. The smallest absolute Gasteiger partial charge is 0.254 e. The summed E-state index contributed by atoms with van der Waals surface area (Å²) in [6, 6.07) is 21.5. The lowest BCUT2D eigenvalue weighted by atomic mass is 9.45. The number of aliphatic hydroxyl groups excluding tert-OH is 2. The number of anilines is 1. The first-order valence-corrected chi connectivity index (χ1v) is 21.2. The second-order valence-electron chi connectivity index (χ2n) is 18.5. The number of fused-ring (bicyclic) bond motifs is 2. The van der Waals surface area contributed by atoms with Crippen LogP contribution in [0.15, 0.2) is 66.7 Å². The SMILES string of the molecule is COc1c(CN2O[C@@H](CO)[C@@H]([C@H](C)O)[C@H]2C(=O)N[C@H]2C[C@H]3C[C@@H]([C@@H]2C)C3(C)C)cccc1-c1cc(C(=O)N2[C@H](CN(C)C)CC[C@@H]2c2ccccc2)cc(N(C)C)c1. The molecule has 0 aromatic heterocycles. The van der Waals surface area contributed by atoms with Crippen LogP contribution < -0.4 is 15.0 Å². The van der Waals surface area contributed by atoms with Crippen molar-refractivity contribution in [3.05, 3.63) is 83.4 Å². The summed E-state index contributed by atoms with van der Waals surface area (Å²) in [6.07, 6.45) is 2.29. The molecule has 11 nitrogen and oxygen atoms in total. The number of hydrogen-bond donors (Lipinski definition) is 3. The highest BCUT2D eigenvalue weighted by Crippen LogP contribution is 2.61. The molecule has 58 heavy (non-hydrogen) atoms. The van der Waals surface area contributed by atoms with Gasteiger partial charge in [0.1, 0.15) is 17.9 Å². The van der Waals surface area contributed by atoms with Crippen LogP contribution in [0.2, 0.25) is 0 Å². The maximum absolute atomic E-state index is 14.8. The van der Waals surface area contributed by atoms with Crippen LogP contribution in [0.3, 0.4) is 0 Å². The molecule has 2 saturated heterocycles. The normalized spacial score (nSPS) is 29.6. The molecule has 0 spiro atoms. The van der Waals surface area contributed by atoms with Crippen molar-refractivity contribution in [3.8, 4) is 16.9 Å². The van der Waals surface area contributed by atoms with Gasteiger partial charge in [0.05, 0.1) is 32.4 Å². The van der Waals surface area contributed by atoms with Crippen molar-refractivity contribution in [1.29, 1.82) is 0 Å². The number of benzene rings is 3. The van der Waals surface area contributed by atoms with Gasteiger partial charge in [0.2, 0.25) is 5.91 Å². The van der Waals surface area contributed by atoms with E-state index in [-0.39, 0.29) is 48.5 Å². The monoisotopic (exact) mass is 795 g/mol. The predicted molar refractivity (Wildman–Crippen MR) is 227 cm³/mol. The van der Waals surface area contributed by atoms with Crippen molar-refractivity contribution >= 4 is 17.5 Å². The van der Waals surface area contributed by atoms with E-state index in [9.17, 15) is 19.8 Å². The van der Waals surface area contributed by atoms with Crippen molar-refractivity contribution < 1.29 is 29.4 Å². The number of amides is 2. The number of likely N-dealkylation sites (tertiary alicyclic amines) is 1. The third-order valence-corrected chi connectivity index (χ3v) is 14.2. The van der Waals surface area contributed by atoms with E-state index >= 15 is 0 Å². The van der Waals surface area contributed by atoms with Crippen molar-refractivity contribution in [2.45, 2.75) is 96.3 Å². The lowest BCUT2D eigenvalue weighted by Gasteiger charge is -2.62. The average molecular weight is 796 g/mol. The minimum Gasteiger partial charge on any atom is -0.496 e. The first-order chi connectivity index (χ1) is 27.6. The van der Waals surface area contributed by atoms with E-state index in [0.717, 1.165) is 53.7 Å². The van der Waals surface area contributed by atoms with Crippen molar-refractivity contribution in [1.82, 2.24) is 20.2 Å². The third-order valence-electron chi connectivity index (χ3n) is 14.2. The zero-order chi connectivity index (χ0) is 41.6. The first kappa shape index (κ1) is 42.1. The summed E-state index contributed by atoms with van der Waals surface area (Å²) in [5, 5.41) is 26.5. The minimum atomic E-state index is -0.901. The molecular formula is C47H65N5O6. The maximum Gasteiger partial charge on any atom is 0.254 e. The van der Waals surface area contributed by atoms with Crippen LogP contribution >= 0.6 is 0 Å². The Morgan fingerprint density at radius 1 is 1.02 bits per heavy atom. The van der Waals surface area contributed by atoms with E-state index < -0.39 is 24.2 Å². The molecule has 2 bridgehead atoms. The number of likely N-dealkylation sites (N-methyl/N-ethyl adjacent to an activating group) is 1. The Morgan fingerprint density at radius 2 is 1.76 bits per heavy atom. The zero-order valence-electron chi connectivity index (χ0n) is 35.9. The molecule has 10 atom stereocenters. The first-order valence-electron chi connectivity index (χ1n) is 21.2. The summed E-state index contributed by atoms with van der Waals surface area (Å²) in [5.41, 5.74) is 5.30. The van der Waals surface area contributed by atoms with E-state index in [1.165, 1.54) is 6.42 Å². The Hall–Kier alpha value is -4.00. The molecule has 3 saturated carbocycles. The number of nitrogens with zero attached hydrogens (tertiary/aromatic N) is 4. The molecule has 2 amide bonds. The molecule has 5 aliphatic rings. The average Bonchev–Trinajstić information content (AvgIpc) is 3.79. The Labute approximate surface area is 345 Å². The molecule has 2 aliphatic heterocycles. The van der Waals surface area contributed by atoms with Crippen LogP contribution in [0.5, 0.6) is 5.75 Å². The lowest BCUT2D eigenvalue weighted by Crippen LogP contribution is -2.62. The topological polar surface area (TPSA) is 118 Å². The van der Waals surface area contributed by atoms with E-state index in [2.05, 4.69) is 68.2 Å². The Balaban J connectivity index is 1.21. The lowest BCUT2D eigenvalue weighted by molar-refractivity contribution is -0.183. The number of nitrogens with one attached hydrogen (secondary N) is 1. The molecule has 5 fully saturated rings. The molecule has 0 radical (unpaired) electrons. The van der Waals surface area contributed by atoms with Gasteiger partial charge in [-0.3, -0.25) is 14.4 Å². The van der Waals surface area contributed by atoms with Crippen LogP contribution in [0, 0.1) is 29.1 Å². The van der Waals surface area contributed by atoms with E-state index in [1.807, 2.05) is 67.5 Å². The Morgan fingerprint density at radius 3 is 2.38 bits per heavy atom. The van der Waals surface area contributed by atoms with Gasteiger partial charge in [-0.05, 0) is 99.2 Å². The molecule has 314 valence electrons. The second-order valence-corrected chi connectivity index (χ2v) is 18.5. The van der Waals surface area contributed by atoms with Crippen LogP contribution in [-0.2, 0) is 16.2 Å². The van der Waals surface area contributed by atoms with Gasteiger partial charge in [-0.25, -0.2) is 0 Å². The van der Waals surface area contributed by atoms with Gasteiger partial charge in [-0.2, -0.15) is 5.06 Å². The Kier molecular flexibility index (Phi) is 12.3. The molecule has 11 heteroatoms. The number of para-hydroxylation sites is 1. The van der Waals surface area contributed by atoms with Crippen LogP contribution in [0.1, 0.15) is 80.9 Å². The predicted octanol–water partition coefficient (Wildman–Crippen LogP) is 6.00. The minimum absolute atomic E-state index is 0.00930. The summed E-state index contributed by atoms with van der Waals surface area (Å²) in [4.78, 5) is 41.8. The number of methoxy groups -OCH3 is 1. The quantitative estimate of drug-likeness (QED) is 0.192. The van der Waals surface area contributed by atoms with E-state index in [0.29, 0.717) is 29.1 Å². The number of aliphatic hydroxyl groups is 2. The van der Waals surface area contributed by atoms with Gasteiger partial charge in [0.25, 0.3) is 5.91 Å². The highest BCUT2D eigenvalue weighted by atomic mass is 16.7. The molecule has 0 unspecified atom stereocenters. The van der Waals surface area contributed by atoms with Gasteiger partial charge in [0, 0.05) is 61.0 Å². The molecule has 2 heterocycles. The molecule has 3 aliphatic carbocycles. The molecule has 3 aromatic carbocycles. The fourth-order valence-electron chi connectivity index (χ4n) is 10.9. The second kappa shape index (κ2) is 16.9. The standard InChI is InChI=1S/C47H65N5O6/c1-28-38-23-34(47(38,3)4)24-39(28)48-45(55)43-42(29(2)54)41(27-53)58-51(43)25-31-16-13-17-37(44(31)57-9)32-20-33(22-36(21-32)50(7)8)46(56)52-35(26-49(5)6)18-19-40(52)30-14-11-10-12-15-30/h10-17,20-22,28-29,34-35,38-43,53-54H,18-19,23-27H2,1-9H3,(H,48,55)/t28-,29-,34+,35-,38-,39-,40+,41-,42+,43-/m0/s1. The highest BCUT2D eigenvalue weighted by Gasteiger charge is 2.57. The number of carbonyl (C=O) groups excluding carboxylic acids is 2. The van der Waals surface area contributed by atoms with Crippen LogP contribution in [-0.4, -0.2) is 116 Å². The molecule has 3 N–H and O–H groups in total. The molecule has 3 aromatic rings. The zero-order valence-corrected chi connectivity index (χ0v) is 35.9. The number of rotatable bonds is 13. The van der Waals surface area contributed by atoms with E-state index in [1.54, 1.807) is 19.1 Å². The van der Waals surface area contributed by atoms with Gasteiger partial charge < -0.3 is 35.0 Å². The number of hydrogen-bond acceptors (Lipinski definition) is 9. The van der Waals surface area contributed by atoms with Crippen molar-refractivity contribution in [2.75, 3.05) is 53.4 Å². The number of carbonyl (C=O) groups is 2. The Bertz CT molecular complexity index is 1940. The van der Waals surface area contributed by atoms with Gasteiger partial charge in [-0.15, -0.1) is 0 Å². The van der Waals surface area contributed by atoms with E-state index in [4.69, 9.17) is 9.57 Å². The summed E-state index contributed by atoms with van der Waals surface area (Å²) in [7, 11) is 9.69. The van der Waals surface area contributed by atoms with Gasteiger partial charge >= 0.3 is 0 Å². The maximum atomic E-state index is 14.8. The fraction of sp³-hybridized carbons (Fsp3) is 0.574. The number of ether oxygens (including phenoxy) is 1. The summed E-state index contributed by atoms with van der Waals surface area (Å²) < 4.78 is 6.18. The fourth-order valence-corrected chi connectivity index (χ4v) is 10.9. The largest absolute Gasteiger partial charge is 0.496 e. The summed E-state index contributed by atoms with van der Waals surface area (Å²) in [6.45, 7) is 9.20. The van der Waals surface area contributed by atoms with Crippen molar-refractivity contribution in [2.24, 2.45) is 29.1 Å². The summed E-state index contributed by atoms with van der Waals surface area (Å²) >= 11 is 0.